The highest BCUT2D eigenvalue weighted by Gasteiger charge is 1.98. The lowest BCUT2D eigenvalue weighted by Crippen LogP contribution is -2.00. The molecule has 0 saturated carbocycles. The van der Waals surface area contributed by atoms with Crippen molar-refractivity contribution in [2.75, 3.05) is 0 Å². The normalized spacial score (nSPS) is 13.1. The van der Waals surface area contributed by atoms with Crippen molar-refractivity contribution in [3.63, 3.8) is 0 Å². The summed E-state index contributed by atoms with van der Waals surface area (Å²) in [5, 5.41) is 0. The summed E-state index contributed by atoms with van der Waals surface area (Å²) < 4.78 is 12.3. The molecule has 0 fully saturated rings. The molecule has 0 amide bonds. The maximum absolute atomic E-state index is 12.3. The summed E-state index contributed by atoms with van der Waals surface area (Å²) >= 11 is 2.08. The van der Waals surface area contributed by atoms with Gasteiger partial charge in [0.15, 0.2) is 0 Å². The summed E-state index contributed by atoms with van der Waals surface area (Å²) in [6.07, 6.45) is 0. The molecule has 0 aliphatic heterocycles. The average Bonchev–Trinajstić information content (AvgIpc) is 1.88. The monoisotopic (exact) mass is 251 g/mol. The van der Waals surface area contributed by atoms with E-state index in [1.54, 1.807) is 12.1 Å². The quantitative estimate of drug-likeness (QED) is 0.462. The van der Waals surface area contributed by atoms with E-state index >= 15 is 0 Å². The minimum absolute atomic E-state index is 0.0433. The highest BCUT2D eigenvalue weighted by Crippen LogP contribution is 2.16. The predicted octanol–water partition coefficient (Wildman–Crippen LogP) is 2.22. The second-order valence-electron chi connectivity index (χ2n) is 1.95. The minimum Gasteiger partial charge on any atom is -0.316 e. The topological polar surface area (TPSA) is 26.0 Å². The van der Waals surface area contributed by atoms with Gasteiger partial charge in [0.1, 0.15) is 5.82 Å². The van der Waals surface area contributed by atoms with Crippen molar-refractivity contribution in [3.05, 3.63) is 35.6 Å². The van der Waals surface area contributed by atoms with Crippen molar-refractivity contribution in [1.29, 1.82) is 0 Å². The Kier molecular flexibility index (Phi) is 2.62. The van der Waals surface area contributed by atoms with Crippen molar-refractivity contribution in [2.24, 2.45) is 5.73 Å². The first-order chi connectivity index (χ1) is 4.70. The van der Waals surface area contributed by atoms with Crippen LogP contribution in [0.15, 0.2) is 24.3 Å². The maximum Gasteiger partial charge on any atom is 0.123 e. The van der Waals surface area contributed by atoms with Gasteiger partial charge in [0.05, 0.1) is 4.05 Å². The van der Waals surface area contributed by atoms with Crippen LogP contribution in [0.3, 0.4) is 0 Å². The number of alkyl halides is 1. The molecule has 10 heavy (non-hydrogen) atoms. The number of nitrogens with two attached hydrogens (primary N) is 1. The highest BCUT2D eigenvalue weighted by atomic mass is 127. The first kappa shape index (κ1) is 7.94. The van der Waals surface area contributed by atoms with Crippen LogP contribution in [0.25, 0.3) is 0 Å². The van der Waals surface area contributed by atoms with E-state index in [4.69, 9.17) is 5.73 Å². The standard InChI is InChI=1S/C7H7FIN/c8-6-3-1-5(2-4-6)7(9)10/h1-4,7H,10H2. The molecule has 0 saturated heterocycles. The van der Waals surface area contributed by atoms with Gasteiger partial charge in [0.25, 0.3) is 0 Å². The zero-order valence-electron chi connectivity index (χ0n) is 5.22. The molecular formula is C7H7FIN. The molecule has 0 heterocycles. The fraction of sp³-hybridized carbons (Fsp3) is 0.143. The highest BCUT2D eigenvalue weighted by molar-refractivity contribution is 14.1. The maximum atomic E-state index is 12.3. The van der Waals surface area contributed by atoms with E-state index in [0.29, 0.717) is 0 Å². The summed E-state index contributed by atoms with van der Waals surface area (Å²) in [6, 6.07) is 6.20. The molecular weight excluding hydrogens is 244 g/mol. The summed E-state index contributed by atoms with van der Waals surface area (Å²) in [5.41, 5.74) is 6.47. The van der Waals surface area contributed by atoms with Gasteiger partial charge >= 0.3 is 0 Å². The molecule has 3 heteroatoms. The Balaban J connectivity index is 2.89. The van der Waals surface area contributed by atoms with Crippen molar-refractivity contribution >= 4 is 22.6 Å². The lowest BCUT2D eigenvalue weighted by Gasteiger charge is -2.01. The number of benzene rings is 1. The molecule has 1 nitrogen and oxygen atoms in total. The molecule has 0 aliphatic rings. The fourth-order valence-electron chi connectivity index (χ4n) is 0.647. The molecule has 54 valence electrons. The lowest BCUT2D eigenvalue weighted by atomic mass is 10.2. The van der Waals surface area contributed by atoms with Crippen LogP contribution in [0.2, 0.25) is 0 Å². The van der Waals surface area contributed by atoms with Crippen molar-refractivity contribution in [3.8, 4) is 0 Å². The van der Waals surface area contributed by atoms with Crippen LogP contribution in [-0.4, -0.2) is 0 Å². The van der Waals surface area contributed by atoms with Crippen LogP contribution < -0.4 is 5.73 Å². The van der Waals surface area contributed by atoms with Gasteiger partial charge in [-0.25, -0.2) is 4.39 Å². The van der Waals surface area contributed by atoms with Crippen LogP contribution in [0.5, 0.6) is 0 Å². The molecule has 0 radical (unpaired) electrons. The molecule has 1 rings (SSSR count). The van der Waals surface area contributed by atoms with Gasteiger partial charge in [-0.15, -0.1) is 0 Å². The summed E-state index contributed by atoms with van der Waals surface area (Å²) in [5.74, 6) is -0.221. The molecule has 1 atom stereocenters. The Hall–Kier alpha value is -0.160. The van der Waals surface area contributed by atoms with Gasteiger partial charge in [-0.2, -0.15) is 0 Å². The van der Waals surface area contributed by atoms with Crippen LogP contribution in [0.4, 0.5) is 4.39 Å². The Morgan fingerprint density at radius 3 is 2.20 bits per heavy atom. The van der Waals surface area contributed by atoms with E-state index in [1.165, 1.54) is 12.1 Å². The molecule has 1 aromatic carbocycles. The van der Waals surface area contributed by atoms with Gasteiger partial charge in [-0.05, 0) is 17.7 Å². The first-order valence-electron chi connectivity index (χ1n) is 2.85. The Morgan fingerprint density at radius 2 is 1.80 bits per heavy atom. The van der Waals surface area contributed by atoms with Crippen molar-refractivity contribution in [1.82, 2.24) is 0 Å². The van der Waals surface area contributed by atoms with E-state index in [0.717, 1.165) is 5.56 Å². The smallest absolute Gasteiger partial charge is 0.123 e. The predicted molar refractivity (Wildman–Crippen MR) is 47.3 cm³/mol. The van der Waals surface area contributed by atoms with Gasteiger partial charge in [-0.3, -0.25) is 0 Å². The van der Waals surface area contributed by atoms with E-state index in [1.807, 2.05) is 0 Å². The molecule has 2 N–H and O–H groups in total. The summed E-state index contributed by atoms with van der Waals surface area (Å²) in [6.45, 7) is 0. The molecule has 0 aromatic heterocycles. The van der Waals surface area contributed by atoms with Crippen LogP contribution >= 0.6 is 22.6 Å². The lowest BCUT2D eigenvalue weighted by molar-refractivity contribution is 0.627. The summed E-state index contributed by atoms with van der Waals surface area (Å²) in [7, 11) is 0. The third kappa shape index (κ3) is 1.91. The minimum atomic E-state index is -0.221. The third-order valence-electron chi connectivity index (χ3n) is 1.19. The summed E-state index contributed by atoms with van der Waals surface area (Å²) in [4.78, 5) is 0. The second-order valence-corrected chi connectivity index (χ2v) is 3.30. The van der Waals surface area contributed by atoms with Crippen LogP contribution in [0.1, 0.15) is 9.61 Å². The molecule has 0 bridgehead atoms. The van der Waals surface area contributed by atoms with Gasteiger partial charge in [-0.1, -0.05) is 34.7 Å². The second kappa shape index (κ2) is 3.30. The SMILES string of the molecule is NC(I)c1ccc(F)cc1. The Morgan fingerprint density at radius 1 is 1.30 bits per heavy atom. The number of halogens is 2. The van der Waals surface area contributed by atoms with E-state index < -0.39 is 0 Å². The van der Waals surface area contributed by atoms with Gasteiger partial charge < -0.3 is 5.73 Å². The average molecular weight is 251 g/mol. The molecule has 0 spiro atoms. The number of hydrogen-bond acceptors (Lipinski definition) is 1. The zero-order valence-corrected chi connectivity index (χ0v) is 7.38. The largest absolute Gasteiger partial charge is 0.316 e. The number of rotatable bonds is 1. The Labute approximate surface area is 72.6 Å². The van der Waals surface area contributed by atoms with E-state index in [-0.39, 0.29) is 9.87 Å². The van der Waals surface area contributed by atoms with Crippen LogP contribution in [0, 0.1) is 5.82 Å². The van der Waals surface area contributed by atoms with Crippen LogP contribution in [-0.2, 0) is 0 Å². The van der Waals surface area contributed by atoms with Crippen molar-refractivity contribution < 1.29 is 4.39 Å². The Bertz CT molecular complexity index is 207. The fourth-order valence-corrected chi connectivity index (χ4v) is 1.06. The van der Waals surface area contributed by atoms with E-state index in [9.17, 15) is 4.39 Å². The molecule has 1 aromatic rings. The molecule has 0 aliphatic carbocycles. The van der Waals surface area contributed by atoms with E-state index in [2.05, 4.69) is 22.6 Å². The number of hydrogen-bond donors (Lipinski definition) is 1. The third-order valence-corrected chi connectivity index (χ3v) is 1.91. The first-order valence-corrected chi connectivity index (χ1v) is 4.10. The van der Waals surface area contributed by atoms with Gasteiger partial charge in [0, 0.05) is 0 Å². The molecule has 1 unspecified atom stereocenters. The zero-order chi connectivity index (χ0) is 7.56. The van der Waals surface area contributed by atoms with Crippen molar-refractivity contribution in [2.45, 2.75) is 4.05 Å². The van der Waals surface area contributed by atoms with Gasteiger partial charge in [0.2, 0.25) is 0 Å².